The Labute approximate surface area is 165 Å². The number of carbonyl (C=O) groups excluding carboxylic acids is 1. The minimum atomic E-state index is -3.72. The largest absolute Gasteiger partial charge is 0.444 e. The molecule has 1 aromatic heterocycles. The number of ether oxygens (including phenoxy) is 1. The van der Waals surface area contributed by atoms with Crippen LogP contribution >= 0.6 is 0 Å². The van der Waals surface area contributed by atoms with Gasteiger partial charge in [0.2, 0.25) is 11.8 Å². The number of aryl methyl sites for hydroxylation is 2. The second-order valence-electron chi connectivity index (χ2n) is 7.29. The van der Waals surface area contributed by atoms with E-state index in [-0.39, 0.29) is 17.6 Å². The molecule has 0 saturated carbocycles. The highest BCUT2D eigenvalue weighted by molar-refractivity contribution is 7.92. The molecule has 2 aromatic rings. The van der Waals surface area contributed by atoms with E-state index in [1.165, 1.54) is 13.2 Å². The van der Waals surface area contributed by atoms with Crippen LogP contribution in [0, 0.1) is 13.8 Å². The molecule has 3 rings (SSSR count). The van der Waals surface area contributed by atoms with Crippen molar-refractivity contribution in [2.45, 2.75) is 50.7 Å². The molecule has 1 aliphatic rings. The highest BCUT2D eigenvalue weighted by Gasteiger charge is 2.30. The summed E-state index contributed by atoms with van der Waals surface area (Å²) in [6.07, 6.45) is 3.14. The van der Waals surface area contributed by atoms with E-state index in [9.17, 15) is 13.2 Å². The third-order valence-corrected chi connectivity index (χ3v) is 6.94. The predicted molar refractivity (Wildman–Crippen MR) is 105 cm³/mol. The van der Waals surface area contributed by atoms with E-state index in [2.05, 4.69) is 10.3 Å². The molecule has 0 spiro atoms. The molecular formula is C20H26N2O5S. The number of nitrogens with one attached hydrogen (secondary N) is 1. The zero-order valence-corrected chi connectivity index (χ0v) is 17.2. The smallest absolute Gasteiger partial charge is 0.238 e. The summed E-state index contributed by atoms with van der Waals surface area (Å²) in [5.41, 5.74) is 3.22. The first-order valence-electron chi connectivity index (χ1n) is 9.39. The highest BCUT2D eigenvalue weighted by atomic mass is 32.2. The maximum atomic E-state index is 12.6. The number of hydrogen-bond donors (Lipinski definition) is 1. The second kappa shape index (κ2) is 8.45. The summed E-state index contributed by atoms with van der Waals surface area (Å²) in [7, 11) is -3.72. The zero-order valence-electron chi connectivity index (χ0n) is 16.4. The first-order valence-corrected chi connectivity index (χ1v) is 11.1. The van der Waals surface area contributed by atoms with E-state index < -0.39 is 21.0 Å². The Balaban J connectivity index is 1.64. The quantitative estimate of drug-likeness (QED) is 0.759. The van der Waals surface area contributed by atoms with Gasteiger partial charge in [0, 0.05) is 18.7 Å². The van der Waals surface area contributed by atoms with Gasteiger partial charge in [-0.2, -0.15) is 0 Å². The second-order valence-corrected chi connectivity index (χ2v) is 9.61. The van der Waals surface area contributed by atoms with Crippen molar-refractivity contribution in [2.75, 3.05) is 13.2 Å². The lowest BCUT2D eigenvalue weighted by molar-refractivity contribution is -0.120. The van der Waals surface area contributed by atoms with Crippen molar-refractivity contribution in [3.8, 4) is 11.5 Å². The number of benzene rings is 1. The van der Waals surface area contributed by atoms with Crippen LogP contribution in [0.25, 0.3) is 11.5 Å². The fourth-order valence-corrected chi connectivity index (χ4v) is 4.41. The van der Waals surface area contributed by atoms with Crippen LogP contribution in [0.5, 0.6) is 0 Å². The monoisotopic (exact) mass is 406 g/mol. The Bertz CT molecular complexity index is 945. The van der Waals surface area contributed by atoms with E-state index in [0.717, 1.165) is 29.5 Å². The molecule has 0 aliphatic carbocycles. The molecule has 1 fully saturated rings. The lowest BCUT2D eigenvalue weighted by Gasteiger charge is -2.15. The Hall–Kier alpha value is -2.19. The van der Waals surface area contributed by atoms with E-state index in [0.29, 0.717) is 19.0 Å². The van der Waals surface area contributed by atoms with Crippen LogP contribution in [0.1, 0.15) is 36.6 Å². The molecule has 8 heteroatoms. The third kappa shape index (κ3) is 4.80. The van der Waals surface area contributed by atoms with Crippen molar-refractivity contribution >= 4 is 15.7 Å². The number of oxazole rings is 1. The van der Waals surface area contributed by atoms with Crippen LogP contribution in [0.3, 0.4) is 0 Å². The molecule has 2 heterocycles. The van der Waals surface area contributed by atoms with E-state index in [1.54, 1.807) is 0 Å². The molecule has 2 atom stereocenters. The van der Waals surface area contributed by atoms with Gasteiger partial charge in [0.1, 0.15) is 11.5 Å². The fourth-order valence-electron chi connectivity index (χ4n) is 3.21. The molecule has 0 bridgehead atoms. The Kier molecular flexibility index (Phi) is 6.20. The normalized spacial score (nSPS) is 18.2. The van der Waals surface area contributed by atoms with Crippen LogP contribution in [0.4, 0.5) is 0 Å². The van der Waals surface area contributed by atoms with Crippen molar-refractivity contribution in [3.63, 3.8) is 0 Å². The molecule has 1 N–H and O–H groups in total. The maximum Gasteiger partial charge on any atom is 0.238 e. The molecule has 1 saturated heterocycles. The van der Waals surface area contributed by atoms with Gasteiger partial charge in [-0.3, -0.25) is 4.79 Å². The van der Waals surface area contributed by atoms with Gasteiger partial charge < -0.3 is 14.5 Å². The summed E-state index contributed by atoms with van der Waals surface area (Å²) in [6, 6.07) is 5.86. The number of nitrogens with zero attached hydrogens (tertiary/aromatic N) is 1. The van der Waals surface area contributed by atoms with Crippen LogP contribution in [-0.4, -0.2) is 43.8 Å². The van der Waals surface area contributed by atoms with Crippen LogP contribution in [0.2, 0.25) is 0 Å². The first-order chi connectivity index (χ1) is 13.3. The molecule has 28 heavy (non-hydrogen) atoms. The minimum Gasteiger partial charge on any atom is -0.444 e. The number of amides is 1. The Morgan fingerprint density at radius 3 is 2.82 bits per heavy atom. The summed E-state index contributed by atoms with van der Waals surface area (Å²) in [5, 5.41) is 1.50. The van der Waals surface area contributed by atoms with Gasteiger partial charge >= 0.3 is 0 Å². The van der Waals surface area contributed by atoms with Gasteiger partial charge in [0.25, 0.3) is 0 Å². The SMILES string of the molecule is Cc1ccc(-c2nc(CS(=O)(=O)[C@@H](C)C(=O)NC[C@@H]3CCCO3)co2)c(C)c1. The maximum absolute atomic E-state index is 12.6. The van der Waals surface area contributed by atoms with Gasteiger partial charge in [0.15, 0.2) is 9.84 Å². The lowest BCUT2D eigenvalue weighted by Crippen LogP contribution is -2.41. The third-order valence-electron chi connectivity index (χ3n) is 4.95. The molecule has 0 unspecified atom stereocenters. The molecule has 1 aromatic carbocycles. The van der Waals surface area contributed by atoms with Crippen LogP contribution in [0.15, 0.2) is 28.9 Å². The summed E-state index contributed by atoms with van der Waals surface area (Å²) < 4.78 is 36.2. The summed E-state index contributed by atoms with van der Waals surface area (Å²) in [6.45, 7) is 6.35. The van der Waals surface area contributed by atoms with Crippen molar-refractivity contribution in [1.29, 1.82) is 0 Å². The van der Waals surface area contributed by atoms with E-state index in [1.807, 2.05) is 32.0 Å². The fraction of sp³-hybridized carbons (Fsp3) is 0.500. The highest BCUT2D eigenvalue weighted by Crippen LogP contribution is 2.24. The van der Waals surface area contributed by atoms with E-state index >= 15 is 0 Å². The molecule has 1 amide bonds. The number of aromatic nitrogens is 1. The van der Waals surface area contributed by atoms with E-state index in [4.69, 9.17) is 9.15 Å². The minimum absolute atomic E-state index is 0.0327. The van der Waals surface area contributed by atoms with Crippen molar-refractivity contribution in [1.82, 2.24) is 10.3 Å². The average Bonchev–Trinajstić information content (AvgIpc) is 3.30. The molecule has 0 radical (unpaired) electrons. The average molecular weight is 407 g/mol. The van der Waals surface area contributed by atoms with Crippen molar-refractivity contribution in [2.24, 2.45) is 0 Å². The molecular weight excluding hydrogens is 380 g/mol. The zero-order chi connectivity index (χ0) is 20.3. The molecule has 1 aliphatic heterocycles. The number of carbonyl (C=O) groups is 1. The summed E-state index contributed by atoms with van der Waals surface area (Å²) in [4.78, 5) is 16.6. The van der Waals surface area contributed by atoms with Crippen molar-refractivity contribution < 1.29 is 22.4 Å². The number of hydrogen-bond acceptors (Lipinski definition) is 6. The van der Waals surface area contributed by atoms with Gasteiger partial charge in [0.05, 0.1) is 17.6 Å². The number of rotatable bonds is 7. The molecule has 7 nitrogen and oxygen atoms in total. The predicted octanol–water partition coefficient (Wildman–Crippen LogP) is 2.56. The topological polar surface area (TPSA) is 98.5 Å². The van der Waals surface area contributed by atoms with Crippen LogP contribution < -0.4 is 5.32 Å². The first kappa shape index (κ1) is 20.5. The summed E-state index contributed by atoms with van der Waals surface area (Å²) in [5.74, 6) is -0.498. The van der Waals surface area contributed by atoms with Gasteiger partial charge in [-0.1, -0.05) is 17.7 Å². The number of sulfone groups is 1. The van der Waals surface area contributed by atoms with Gasteiger partial charge in [-0.15, -0.1) is 0 Å². The standard InChI is InChI=1S/C20H26N2O5S/c1-13-6-7-18(14(2)9-13)20-22-16(11-27-20)12-28(24,25)15(3)19(23)21-10-17-5-4-8-26-17/h6-7,9,11,15,17H,4-5,8,10,12H2,1-3H3,(H,21,23)/t15-,17-/m0/s1. The van der Waals surface area contributed by atoms with Crippen LogP contribution in [-0.2, 0) is 25.1 Å². The van der Waals surface area contributed by atoms with Crippen molar-refractivity contribution in [3.05, 3.63) is 41.3 Å². The Morgan fingerprint density at radius 1 is 1.36 bits per heavy atom. The Morgan fingerprint density at radius 2 is 2.14 bits per heavy atom. The molecule has 152 valence electrons. The lowest BCUT2D eigenvalue weighted by atomic mass is 10.1. The van der Waals surface area contributed by atoms with Gasteiger partial charge in [-0.25, -0.2) is 13.4 Å². The van der Waals surface area contributed by atoms with Gasteiger partial charge in [-0.05, 0) is 45.2 Å². The summed E-state index contributed by atoms with van der Waals surface area (Å²) >= 11 is 0.